The Kier molecular flexibility index (Phi) is 5.75. The van der Waals surface area contributed by atoms with Crippen molar-refractivity contribution >= 4 is 34.8 Å². The Labute approximate surface area is 159 Å². The molecule has 2 N–H and O–H groups in total. The lowest BCUT2D eigenvalue weighted by atomic mass is 10.2. The molecule has 0 bridgehead atoms. The lowest BCUT2D eigenvalue weighted by Gasteiger charge is -2.07. The van der Waals surface area contributed by atoms with Crippen molar-refractivity contribution in [2.45, 2.75) is 19.3 Å². The normalized spacial score (nSPS) is 10.7. The largest absolute Gasteiger partial charge is 0.506 e. The monoisotopic (exact) mass is 391 g/mol. The first-order chi connectivity index (χ1) is 12.5. The van der Waals surface area contributed by atoms with Gasteiger partial charge in [0.25, 0.3) is 0 Å². The molecular weight excluding hydrogens is 377 g/mol. The van der Waals surface area contributed by atoms with Crippen molar-refractivity contribution in [3.05, 3.63) is 58.4 Å². The van der Waals surface area contributed by atoms with E-state index in [0.29, 0.717) is 34.6 Å². The van der Waals surface area contributed by atoms with Gasteiger partial charge in [0, 0.05) is 28.5 Å². The van der Waals surface area contributed by atoms with Crippen LogP contribution in [0, 0.1) is 0 Å². The van der Waals surface area contributed by atoms with Crippen molar-refractivity contribution in [1.29, 1.82) is 0 Å². The molecule has 0 unspecified atom stereocenters. The molecule has 1 aromatic heterocycles. The predicted octanol–water partition coefficient (Wildman–Crippen LogP) is 4.71. The fourth-order valence-corrected chi connectivity index (χ4v) is 2.59. The van der Waals surface area contributed by atoms with E-state index in [2.05, 4.69) is 15.5 Å². The summed E-state index contributed by atoms with van der Waals surface area (Å²) in [6.45, 7) is 0. The van der Waals surface area contributed by atoms with Crippen LogP contribution in [0.15, 0.2) is 47.0 Å². The van der Waals surface area contributed by atoms with Crippen LogP contribution in [-0.4, -0.2) is 21.2 Å². The van der Waals surface area contributed by atoms with Gasteiger partial charge in [0.05, 0.1) is 5.69 Å². The van der Waals surface area contributed by atoms with Gasteiger partial charge in [-0.15, -0.1) is 0 Å². The van der Waals surface area contributed by atoms with Crippen LogP contribution >= 0.6 is 23.2 Å². The fraction of sp³-hybridized carbons (Fsp3) is 0.167. The molecule has 1 amide bonds. The van der Waals surface area contributed by atoms with Gasteiger partial charge >= 0.3 is 0 Å². The minimum Gasteiger partial charge on any atom is -0.506 e. The number of benzene rings is 2. The average Bonchev–Trinajstić information content (AvgIpc) is 3.08. The van der Waals surface area contributed by atoms with Crippen LogP contribution in [0.3, 0.4) is 0 Å². The molecule has 26 heavy (non-hydrogen) atoms. The van der Waals surface area contributed by atoms with E-state index >= 15 is 0 Å². The van der Waals surface area contributed by atoms with E-state index in [4.69, 9.17) is 27.7 Å². The van der Waals surface area contributed by atoms with Gasteiger partial charge in [-0.3, -0.25) is 4.79 Å². The van der Waals surface area contributed by atoms with Crippen LogP contribution in [0.5, 0.6) is 5.75 Å². The van der Waals surface area contributed by atoms with Gasteiger partial charge in [-0.1, -0.05) is 28.4 Å². The average molecular weight is 392 g/mol. The Morgan fingerprint density at radius 3 is 2.62 bits per heavy atom. The Bertz CT molecular complexity index is 910. The number of phenols is 1. The fourth-order valence-electron chi connectivity index (χ4n) is 2.29. The summed E-state index contributed by atoms with van der Waals surface area (Å²) < 4.78 is 5.20. The van der Waals surface area contributed by atoms with E-state index in [0.717, 1.165) is 5.56 Å². The first kappa shape index (κ1) is 18.2. The van der Waals surface area contributed by atoms with Gasteiger partial charge in [0.1, 0.15) is 5.75 Å². The summed E-state index contributed by atoms with van der Waals surface area (Å²) in [4.78, 5) is 16.3. The summed E-state index contributed by atoms with van der Waals surface area (Å²) >= 11 is 11.7. The van der Waals surface area contributed by atoms with E-state index in [9.17, 15) is 9.90 Å². The van der Waals surface area contributed by atoms with Crippen LogP contribution in [0.2, 0.25) is 10.0 Å². The van der Waals surface area contributed by atoms with E-state index in [-0.39, 0.29) is 23.8 Å². The number of phenolic OH excluding ortho intramolecular Hbond substituents is 1. The van der Waals surface area contributed by atoms with Crippen molar-refractivity contribution in [1.82, 2.24) is 10.1 Å². The van der Waals surface area contributed by atoms with Crippen LogP contribution in [0.4, 0.5) is 5.69 Å². The standard InChI is InChI=1S/C18H15Cl2N3O3/c19-12-6-4-11(5-7-12)18-22-17(26-23-18)3-1-2-16(25)21-14-10-13(20)8-9-15(14)24/h4-10,24H,1-3H2,(H,21,25). The number of aryl methyl sites for hydroxylation is 1. The number of amides is 1. The molecule has 0 spiro atoms. The quantitative estimate of drug-likeness (QED) is 0.593. The zero-order valence-electron chi connectivity index (χ0n) is 13.6. The van der Waals surface area contributed by atoms with Crippen LogP contribution < -0.4 is 5.32 Å². The van der Waals surface area contributed by atoms with E-state index < -0.39 is 0 Å². The Morgan fingerprint density at radius 2 is 1.85 bits per heavy atom. The molecule has 3 rings (SSSR count). The summed E-state index contributed by atoms with van der Waals surface area (Å²) in [6, 6.07) is 11.6. The number of hydrogen-bond donors (Lipinski definition) is 2. The van der Waals surface area contributed by atoms with Gasteiger partial charge in [0.2, 0.25) is 17.6 Å². The molecule has 0 atom stereocenters. The highest BCUT2D eigenvalue weighted by molar-refractivity contribution is 6.31. The summed E-state index contributed by atoms with van der Waals surface area (Å²) in [5.41, 5.74) is 1.09. The van der Waals surface area contributed by atoms with Crippen LogP contribution in [0.25, 0.3) is 11.4 Å². The predicted molar refractivity (Wildman–Crippen MR) is 99.4 cm³/mol. The maximum absolute atomic E-state index is 12.0. The number of rotatable bonds is 6. The smallest absolute Gasteiger partial charge is 0.226 e. The summed E-state index contributed by atoms with van der Waals surface area (Å²) in [6.07, 6.45) is 1.23. The van der Waals surface area contributed by atoms with Gasteiger partial charge in [-0.05, 0) is 48.9 Å². The number of hydrogen-bond acceptors (Lipinski definition) is 5. The minimum atomic E-state index is -0.236. The minimum absolute atomic E-state index is 0.0349. The Balaban J connectivity index is 1.51. The molecule has 8 heteroatoms. The van der Waals surface area contributed by atoms with Crippen LogP contribution in [0.1, 0.15) is 18.7 Å². The first-order valence-corrected chi connectivity index (χ1v) is 8.64. The first-order valence-electron chi connectivity index (χ1n) is 7.88. The second kappa shape index (κ2) is 8.21. The van der Waals surface area contributed by atoms with Gasteiger partial charge in [-0.25, -0.2) is 0 Å². The van der Waals surface area contributed by atoms with Crippen molar-refractivity contribution in [3.8, 4) is 17.1 Å². The highest BCUT2D eigenvalue weighted by Gasteiger charge is 2.11. The van der Waals surface area contributed by atoms with E-state index in [1.54, 1.807) is 18.2 Å². The maximum Gasteiger partial charge on any atom is 0.226 e. The highest BCUT2D eigenvalue weighted by Crippen LogP contribution is 2.26. The van der Waals surface area contributed by atoms with Crippen molar-refractivity contribution in [3.63, 3.8) is 0 Å². The number of nitrogens with one attached hydrogen (secondary N) is 1. The van der Waals surface area contributed by atoms with Crippen LogP contribution in [-0.2, 0) is 11.2 Å². The second-order valence-electron chi connectivity index (χ2n) is 5.58. The molecular formula is C18H15Cl2N3O3. The molecule has 0 saturated heterocycles. The van der Waals surface area contributed by atoms with Gasteiger partial charge < -0.3 is 14.9 Å². The van der Waals surface area contributed by atoms with Gasteiger partial charge in [-0.2, -0.15) is 4.98 Å². The summed E-state index contributed by atoms with van der Waals surface area (Å²) in [5.74, 6) is 0.658. The van der Waals surface area contributed by atoms with Crippen molar-refractivity contribution in [2.24, 2.45) is 0 Å². The molecule has 3 aromatic rings. The Morgan fingerprint density at radius 1 is 1.12 bits per heavy atom. The molecule has 0 radical (unpaired) electrons. The number of carbonyl (C=O) groups excluding carboxylic acids is 1. The molecule has 0 fully saturated rings. The molecule has 134 valence electrons. The summed E-state index contributed by atoms with van der Waals surface area (Å²) in [5, 5.41) is 17.3. The number of anilines is 1. The molecule has 6 nitrogen and oxygen atoms in total. The molecule has 0 aliphatic rings. The van der Waals surface area contributed by atoms with Crippen molar-refractivity contribution in [2.75, 3.05) is 5.32 Å². The highest BCUT2D eigenvalue weighted by atomic mass is 35.5. The zero-order valence-corrected chi connectivity index (χ0v) is 15.1. The third-order valence-corrected chi connectivity index (χ3v) is 4.08. The number of carbonyl (C=O) groups is 1. The number of nitrogens with zero attached hydrogens (tertiary/aromatic N) is 2. The third-order valence-electron chi connectivity index (χ3n) is 3.60. The third kappa shape index (κ3) is 4.74. The molecule has 1 heterocycles. The number of halogens is 2. The topological polar surface area (TPSA) is 88.2 Å². The molecule has 0 aliphatic carbocycles. The summed E-state index contributed by atoms with van der Waals surface area (Å²) in [7, 11) is 0. The molecule has 2 aromatic carbocycles. The van der Waals surface area contributed by atoms with Gasteiger partial charge in [0.15, 0.2) is 0 Å². The SMILES string of the molecule is O=C(CCCc1nc(-c2ccc(Cl)cc2)no1)Nc1cc(Cl)ccc1O. The molecule has 0 saturated carbocycles. The lowest BCUT2D eigenvalue weighted by Crippen LogP contribution is -2.11. The lowest BCUT2D eigenvalue weighted by molar-refractivity contribution is -0.116. The van der Waals surface area contributed by atoms with E-state index in [1.807, 2.05) is 12.1 Å². The van der Waals surface area contributed by atoms with Crippen molar-refractivity contribution < 1.29 is 14.4 Å². The van der Waals surface area contributed by atoms with E-state index in [1.165, 1.54) is 12.1 Å². The number of aromatic hydroxyl groups is 1. The number of aromatic nitrogens is 2. The second-order valence-corrected chi connectivity index (χ2v) is 6.45. The zero-order chi connectivity index (χ0) is 18.5. The maximum atomic E-state index is 12.0. The molecule has 0 aliphatic heterocycles. The Hall–Kier alpha value is -2.57.